The summed E-state index contributed by atoms with van der Waals surface area (Å²) in [6.45, 7) is 9.13. The van der Waals surface area contributed by atoms with Gasteiger partial charge in [-0.1, -0.05) is 6.92 Å². The molecule has 15 nitrogen and oxygen atoms in total. The first kappa shape index (κ1) is 35.2. The third-order valence-electron chi connectivity index (χ3n) is 5.74. The van der Waals surface area contributed by atoms with Gasteiger partial charge in [0.2, 0.25) is 41.4 Å². The molecule has 1 fully saturated rings. The van der Waals surface area contributed by atoms with Gasteiger partial charge >= 0.3 is 0 Å². The average Bonchev–Trinajstić information content (AvgIpc) is 3.42. The average molecular weight is 557 g/mol. The second-order valence-corrected chi connectivity index (χ2v) is 9.27. The molecule has 15 heteroatoms. The van der Waals surface area contributed by atoms with Crippen LogP contribution < -0.4 is 38.1 Å². The predicted octanol–water partition coefficient (Wildman–Crippen LogP) is -3.03. The van der Waals surface area contributed by atoms with Crippen LogP contribution in [0, 0.1) is 0 Å². The minimum Gasteiger partial charge on any atom is -0.368 e. The first-order valence-corrected chi connectivity index (χ1v) is 12.9. The molecular formula is C24H44N8O7. The SMILES string of the molecule is CCC(=O)NC(C)C(=O)NC(C)C(N)=O.CNC(=O)CC(NC(=O)C(C)N)C(=O)NC(C)C(=O)N1CCCC1. The summed E-state index contributed by atoms with van der Waals surface area (Å²) >= 11 is 0. The normalized spacial score (nSPS) is 16.1. The third-order valence-corrected chi connectivity index (χ3v) is 5.74. The lowest BCUT2D eigenvalue weighted by Gasteiger charge is -2.24. The van der Waals surface area contributed by atoms with Gasteiger partial charge in [0.25, 0.3) is 0 Å². The fraction of sp³-hybridized carbons (Fsp3) is 0.708. The Hall–Kier alpha value is -3.75. The number of primary amides is 1. The molecule has 1 aliphatic rings. The first-order valence-electron chi connectivity index (χ1n) is 12.9. The Morgan fingerprint density at radius 2 is 1.28 bits per heavy atom. The summed E-state index contributed by atoms with van der Waals surface area (Å²) in [5.41, 5.74) is 10.4. The van der Waals surface area contributed by atoms with E-state index in [-0.39, 0.29) is 18.2 Å². The number of nitrogens with one attached hydrogen (secondary N) is 5. The van der Waals surface area contributed by atoms with Crippen LogP contribution in [0.15, 0.2) is 0 Å². The van der Waals surface area contributed by atoms with E-state index >= 15 is 0 Å². The van der Waals surface area contributed by atoms with Crippen molar-refractivity contribution in [1.82, 2.24) is 31.5 Å². The molecule has 0 saturated carbocycles. The van der Waals surface area contributed by atoms with Gasteiger partial charge in [-0.2, -0.15) is 0 Å². The zero-order chi connectivity index (χ0) is 30.3. The topological polar surface area (TPSA) is 235 Å². The molecule has 39 heavy (non-hydrogen) atoms. The number of likely N-dealkylation sites (tertiary alicyclic amines) is 1. The summed E-state index contributed by atoms with van der Waals surface area (Å²) in [5, 5.41) is 12.2. The minimum atomic E-state index is -1.09. The van der Waals surface area contributed by atoms with Crippen molar-refractivity contribution in [3.05, 3.63) is 0 Å². The molecule has 1 saturated heterocycles. The Bertz CT molecular complexity index is 890. The van der Waals surface area contributed by atoms with E-state index in [9.17, 15) is 33.6 Å². The van der Waals surface area contributed by atoms with Gasteiger partial charge in [-0.25, -0.2) is 0 Å². The van der Waals surface area contributed by atoms with Crippen molar-refractivity contribution >= 4 is 41.4 Å². The van der Waals surface area contributed by atoms with Crippen LogP contribution in [0.4, 0.5) is 0 Å². The minimum absolute atomic E-state index is 0.168. The fourth-order valence-electron chi connectivity index (χ4n) is 3.21. The van der Waals surface area contributed by atoms with Gasteiger partial charge in [-0.05, 0) is 40.5 Å². The Balaban J connectivity index is 0.000000830. The van der Waals surface area contributed by atoms with E-state index < -0.39 is 59.7 Å². The maximum absolute atomic E-state index is 12.4. The molecule has 0 aromatic rings. The maximum atomic E-state index is 12.4. The molecule has 9 N–H and O–H groups in total. The predicted molar refractivity (Wildman–Crippen MR) is 142 cm³/mol. The molecule has 1 heterocycles. The Labute approximate surface area is 228 Å². The first-order chi connectivity index (χ1) is 18.1. The van der Waals surface area contributed by atoms with Gasteiger partial charge in [0.1, 0.15) is 24.2 Å². The quantitative estimate of drug-likeness (QED) is 0.130. The summed E-state index contributed by atoms with van der Waals surface area (Å²) in [4.78, 5) is 82.6. The van der Waals surface area contributed by atoms with Gasteiger partial charge in [-0.3, -0.25) is 33.6 Å². The molecule has 0 bridgehead atoms. The zero-order valence-electron chi connectivity index (χ0n) is 23.6. The molecule has 1 aliphatic heterocycles. The van der Waals surface area contributed by atoms with Crippen molar-refractivity contribution in [3.8, 4) is 0 Å². The summed E-state index contributed by atoms with van der Waals surface area (Å²) in [5.74, 6) is -2.97. The highest BCUT2D eigenvalue weighted by Gasteiger charge is 2.29. The molecule has 0 aromatic carbocycles. The Morgan fingerprint density at radius 1 is 0.744 bits per heavy atom. The van der Waals surface area contributed by atoms with Crippen LogP contribution in [0.5, 0.6) is 0 Å². The fourth-order valence-corrected chi connectivity index (χ4v) is 3.21. The van der Waals surface area contributed by atoms with Crippen LogP contribution in [0.2, 0.25) is 0 Å². The molecule has 0 aliphatic carbocycles. The van der Waals surface area contributed by atoms with E-state index in [0.717, 1.165) is 12.8 Å². The molecular weight excluding hydrogens is 512 g/mol. The van der Waals surface area contributed by atoms with Gasteiger partial charge in [0.05, 0.1) is 12.5 Å². The summed E-state index contributed by atoms with van der Waals surface area (Å²) < 4.78 is 0. The maximum Gasteiger partial charge on any atom is 0.244 e. The number of carbonyl (C=O) groups excluding carboxylic acids is 7. The molecule has 0 spiro atoms. The highest BCUT2D eigenvalue weighted by atomic mass is 16.2. The number of amides is 7. The van der Waals surface area contributed by atoms with Gasteiger partial charge in [0, 0.05) is 26.6 Å². The lowest BCUT2D eigenvalue weighted by atomic mass is 10.1. The zero-order valence-corrected chi connectivity index (χ0v) is 23.6. The van der Waals surface area contributed by atoms with E-state index in [1.807, 2.05) is 0 Å². The molecule has 5 atom stereocenters. The summed E-state index contributed by atoms with van der Waals surface area (Å²) in [6.07, 6.45) is 1.99. The van der Waals surface area contributed by atoms with E-state index in [2.05, 4.69) is 26.6 Å². The Kier molecular flexibility index (Phi) is 16.0. The summed E-state index contributed by atoms with van der Waals surface area (Å²) in [7, 11) is 1.43. The number of nitrogens with zero attached hydrogens (tertiary/aromatic N) is 1. The van der Waals surface area contributed by atoms with E-state index in [1.54, 1.807) is 18.7 Å². The van der Waals surface area contributed by atoms with Crippen LogP contribution in [0.1, 0.15) is 60.3 Å². The lowest BCUT2D eigenvalue weighted by Crippen LogP contribution is -2.55. The largest absolute Gasteiger partial charge is 0.368 e. The standard InChI is InChI=1S/C15H27N5O4.C9H17N3O3/c1-9(16)13(22)19-11(8-12(21)17-3)14(23)18-10(2)15(24)20-6-4-5-7-20;1-4-7(13)11-6(3)9(15)12-5(2)8(10)14/h9-11H,4-8,16H2,1-3H3,(H,17,21)(H,18,23)(H,19,22);5-6H,4H2,1-3H3,(H2,10,14)(H,11,13)(H,12,15). The van der Waals surface area contributed by atoms with Crippen LogP contribution in [-0.4, -0.2) is 96.6 Å². The highest BCUT2D eigenvalue weighted by molar-refractivity contribution is 5.95. The highest BCUT2D eigenvalue weighted by Crippen LogP contribution is 2.09. The molecule has 222 valence electrons. The van der Waals surface area contributed by atoms with Crippen LogP contribution in [0.25, 0.3) is 0 Å². The van der Waals surface area contributed by atoms with E-state index in [4.69, 9.17) is 11.5 Å². The van der Waals surface area contributed by atoms with Crippen LogP contribution in [0.3, 0.4) is 0 Å². The van der Waals surface area contributed by atoms with Crippen molar-refractivity contribution in [3.63, 3.8) is 0 Å². The molecule has 0 radical (unpaired) electrons. The van der Waals surface area contributed by atoms with Crippen molar-refractivity contribution in [1.29, 1.82) is 0 Å². The number of hydrogen-bond acceptors (Lipinski definition) is 8. The Morgan fingerprint density at radius 3 is 1.74 bits per heavy atom. The molecule has 5 unspecified atom stereocenters. The number of nitrogens with two attached hydrogens (primary N) is 2. The summed E-state index contributed by atoms with van der Waals surface area (Å²) in [6, 6.07) is -4.03. The van der Waals surface area contributed by atoms with E-state index in [1.165, 1.54) is 27.8 Å². The number of hydrogen-bond donors (Lipinski definition) is 7. The van der Waals surface area contributed by atoms with E-state index in [0.29, 0.717) is 19.5 Å². The van der Waals surface area contributed by atoms with Crippen molar-refractivity contribution in [2.45, 2.75) is 90.5 Å². The third kappa shape index (κ3) is 13.6. The van der Waals surface area contributed by atoms with Gasteiger partial charge in [0.15, 0.2) is 0 Å². The van der Waals surface area contributed by atoms with Gasteiger partial charge < -0.3 is 43.0 Å². The van der Waals surface area contributed by atoms with Gasteiger partial charge in [-0.15, -0.1) is 0 Å². The second-order valence-electron chi connectivity index (χ2n) is 9.27. The van der Waals surface area contributed by atoms with Crippen LogP contribution in [-0.2, 0) is 33.6 Å². The molecule has 1 rings (SSSR count). The van der Waals surface area contributed by atoms with Crippen molar-refractivity contribution in [2.24, 2.45) is 11.5 Å². The van der Waals surface area contributed by atoms with Crippen LogP contribution >= 0.6 is 0 Å². The monoisotopic (exact) mass is 556 g/mol. The number of rotatable bonds is 12. The molecule has 0 aromatic heterocycles. The lowest BCUT2D eigenvalue weighted by molar-refractivity contribution is -0.136. The van der Waals surface area contributed by atoms with Crippen molar-refractivity contribution in [2.75, 3.05) is 20.1 Å². The smallest absolute Gasteiger partial charge is 0.244 e. The molecule has 7 amide bonds. The number of carbonyl (C=O) groups is 7. The second kappa shape index (κ2) is 17.7. The van der Waals surface area contributed by atoms with Crippen molar-refractivity contribution < 1.29 is 33.6 Å².